The summed E-state index contributed by atoms with van der Waals surface area (Å²) in [5.74, 6) is -0.611. The van der Waals surface area contributed by atoms with Crippen molar-refractivity contribution in [3.8, 4) is 0 Å². The third-order valence-electron chi connectivity index (χ3n) is 2.69. The summed E-state index contributed by atoms with van der Waals surface area (Å²) >= 11 is 0. The third kappa shape index (κ3) is 4.45. The van der Waals surface area contributed by atoms with Crippen molar-refractivity contribution in [3.63, 3.8) is 0 Å². The van der Waals surface area contributed by atoms with Gasteiger partial charge in [0.1, 0.15) is 12.4 Å². The van der Waals surface area contributed by atoms with Crippen molar-refractivity contribution in [3.05, 3.63) is 35.6 Å². The van der Waals surface area contributed by atoms with Crippen LogP contribution in [0.5, 0.6) is 0 Å². The third-order valence-corrected chi connectivity index (χ3v) is 2.69. The predicted octanol–water partition coefficient (Wildman–Crippen LogP) is 1.63. The molecule has 0 aliphatic heterocycles. The lowest BCUT2D eigenvalue weighted by Gasteiger charge is -2.30. The summed E-state index contributed by atoms with van der Waals surface area (Å²) in [6.07, 6.45) is -4.50. The van der Waals surface area contributed by atoms with Crippen molar-refractivity contribution in [2.45, 2.75) is 11.6 Å². The molecule has 0 aliphatic carbocycles. The molecule has 0 bridgehead atoms. The maximum absolute atomic E-state index is 13.1. The molecule has 1 aromatic rings. The maximum Gasteiger partial charge on any atom is 0.411 e. The van der Waals surface area contributed by atoms with Crippen molar-refractivity contribution in [1.82, 2.24) is 0 Å². The number of benzene rings is 1. The van der Waals surface area contributed by atoms with Crippen LogP contribution < -0.4 is 0 Å². The average molecular weight is 282 g/mol. The van der Waals surface area contributed by atoms with Crippen LogP contribution in [0.4, 0.5) is 17.6 Å². The van der Waals surface area contributed by atoms with E-state index in [1.807, 2.05) is 0 Å². The molecule has 7 heteroatoms. The Bertz CT molecular complexity index is 402. The Morgan fingerprint density at radius 3 is 2.16 bits per heavy atom. The summed E-state index contributed by atoms with van der Waals surface area (Å²) in [5.41, 5.74) is -1.28. The summed E-state index contributed by atoms with van der Waals surface area (Å²) in [6.45, 7) is -3.39. The fraction of sp³-hybridized carbons (Fsp3) is 0.500. The molecule has 108 valence electrons. The van der Waals surface area contributed by atoms with E-state index in [2.05, 4.69) is 4.74 Å². The molecule has 0 unspecified atom stereocenters. The lowest BCUT2D eigenvalue weighted by molar-refractivity contribution is -0.180. The zero-order valence-electron chi connectivity index (χ0n) is 9.95. The van der Waals surface area contributed by atoms with E-state index >= 15 is 0 Å². The van der Waals surface area contributed by atoms with Crippen LogP contribution in [0.15, 0.2) is 24.3 Å². The minimum Gasteiger partial charge on any atom is -0.395 e. The molecule has 0 aliphatic rings. The van der Waals surface area contributed by atoms with E-state index in [9.17, 15) is 27.8 Å². The largest absolute Gasteiger partial charge is 0.411 e. The van der Waals surface area contributed by atoms with E-state index in [0.717, 1.165) is 12.1 Å². The summed E-state index contributed by atoms with van der Waals surface area (Å²) in [5, 5.41) is 18.6. The van der Waals surface area contributed by atoms with Crippen molar-refractivity contribution < 1.29 is 32.5 Å². The molecule has 0 spiro atoms. The van der Waals surface area contributed by atoms with Crippen LogP contribution in [0.25, 0.3) is 0 Å². The first kappa shape index (κ1) is 15.9. The van der Waals surface area contributed by atoms with Gasteiger partial charge in [-0.05, 0) is 17.7 Å². The lowest BCUT2D eigenvalue weighted by Crippen LogP contribution is -2.40. The van der Waals surface area contributed by atoms with E-state index in [1.165, 1.54) is 12.1 Å². The number of aliphatic hydroxyl groups excluding tert-OH is 2. The highest BCUT2D eigenvalue weighted by molar-refractivity contribution is 5.26. The highest BCUT2D eigenvalue weighted by Crippen LogP contribution is 2.26. The van der Waals surface area contributed by atoms with Crippen molar-refractivity contribution >= 4 is 0 Å². The molecule has 0 aromatic heterocycles. The first-order chi connectivity index (χ1) is 8.83. The summed E-state index contributed by atoms with van der Waals surface area (Å²) in [7, 11) is 0. The number of hydrogen-bond acceptors (Lipinski definition) is 3. The van der Waals surface area contributed by atoms with Crippen LogP contribution in [0.1, 0.15) is 5.56 Å². The minimum absolute atomic E-state index is 0.180. The molecule has 3 nitrogen and oxygen atoms in total. The van der Waals surface area contributed by atoms with Crippen molar-refractivity contribution in [2.75, 3.05) is 26.4 Å². The topological polar surface area (TPSA) is 49.7 Å². The van der Waals surface area contributed by atoms with E-state index < -0.39 is 43.8 Å². The van der Waals surface area contributed by atoms with Gasteiger partial charge in [0.2, 0.25) is 0 Å². The molecule has 0 amide bonds. The number of hydrogen-bond donors (Lipinski definition) is 2. The summed E-state index contributed by atoms with van der Waals surface area (Å²) in [4.78, 5) is 0. The van der Waals surface area contributed by atoms with Gasteiger partial charge in [0.25, 0.3) is 0 Å². The first-order valence-corrected chi connectivity index (χ1v) is 5.45. The quantitative estimate of drug-likeness (QED) is 0.780. The standard InChI is InChI=1S/C12H14F4O3/c13-10-3-1-2-9(4-10)11(5-17,6-18)7-19-8-12(14,15)16/h1-4,17-18H,5-8H2. The van der Waals surface area contributed by atoms with E-state index in [0.29, 0.717) is 0 Å². The predicted molar refractivity (Wildman–Crippen MR) is 59.1 cm³/mol. The Hall–Kier alpha value is -1.18. The van der Waals surface area contributed by atoms with Gasteiger partial charge in [-0.25, -0.2) is 4.39 Å². The second kappa shape index (κ2) is 6.31. The fourth-order valence-electron chi connectivity index (χ4n) is 1.59. The van der Waals surface area contributed by atoms with Gasteiger partial charge in [0.15, 0.2) is 0 Å². The Labute approximate surface area is 107 Å². The Kier molecular flexibility index (Phi) is 5.28. The molecule has 0 atom stereocenters. The molecular weight excluding hydrogens is 268 g/mol. The fourth-order valence-corrected chi connectivity index (χ4v) is 1.59. The molecular formula is C12H14F4O3. The monoisotopic (exact) mass is 282 g/mol. The number of rotatable bonds is 6. The highest BCUT2D eigenvalue weighted by Gasteiger charge is 2.34. The Morgan fingerprint density at radius 1 is 1.05 bits per heavy atom. The average Bonchev–Trinajstić information content (AvgIpc) is 2.34. The van der Waals surface area contributed by atoms with E-state index in [1.54, 1.807) is 0 Å². The van der Waals surface area contributed by atoms with Crippen molar-refractivity contribution in [1.29, 1.82) is 0 Å². The normalized spacial score (nSPS) is 12.7. The molecule has 0 saturated heterocycles. The van der Waals surface area contributed by atoms with Crippen LogP contribution >= 0.6 is 0 Å². The molecule has 0 heterocycles. The lowest BCUT2D eigenvalue weighted by atomic mass is 9.83. The first-order valence-electron chi connectivity index (χ1n) is 5.45. The van der Waals surface area contributed by atoms with Crippen LogP contribution in [0.3, 0.4) is 0 Å². The second-order valence-electron chi connectivity index (χ2n) is 4.21. The van der Waals surface area contributed by atoms with Gasteiger partial charge in [0.05, 0.1) is 25.2 Å². The summed E-state index contributed by atoms with van der Waals surface area (Å²) < 4.78 is 53.6. The van der Waals surface area contributed by atoms with Crippen LogP contribution in [-0.4, -0.2) is 42.8 Å². The Morgan fingerprint density at radius 2 is 1.68 bits per heavy atom. The molecule has 0 radical (unpaired) electrons. The number of halogens is 4. The van der Waals surface area contributed by atoms with E-state index in [4.69, 9.17) is 0 Å². The summed E-state index contributed by atoms with van der Waals surface area (Å²) in [6, 6.07) is 4.95. The van der Waals surface area contributed by atoms with Gasteiger partial charge >= 0.3 is 6.18 Å². The number of alkyl halides is 3. The Balaban J connectivity index is 2.85. The van der Waals surface area contributed by atoms with Crippen LogP contribution in [-0.2, 0) is 10.2 Å². The van der Waals surface area contributed by atoms with Gasteiger partial charge in [-0.15, -0.1) is 0 Å². The van der Waals surface area contributed by atoms with Gasteiger partial charge in [0, 0.05) is 0 Å². The molecule has 0 saturated carbocycles. The van der Waals surface area contributed by atoms with Gasteiger partial charge in [-0.1, -0.05) is 12.1 Å². The van der Waals surface area contributed by atoms with Gasteiger partial charge < -0.3 is 14.9 Å². The smallest absolute Gasteiger partial charge is 0.395 e. The molecule has 1 rings (SSSR count). The SMILES string of the molecule is OCC(CO)(COCC(F)(F)F)c1cccc(F)c1. The zero-order valence-corrected chi connectivity index (χ0v) is 9.95. The number of ether oxygens (including phenoxy) is 1. The highest BCUT2D eigenvalue weighted by atomic mass is 19.4. The van der Waals surface area contributed by atoms with Crippen LogP contribution in [0, 0.1) is 5.82 Å². The zero-order chi connectivity index (χ0) is 14.5. The second-order valence-corrected chi connectivity index (χ2v) is 4.21. The minimum atomic E-state index is -4.50. The number of aliphatic hydroxyl groups is 2. The molecule has 19 heavy (non-hydrogen) atoms. The van der Waals surface area contributed by atoms with Gasteiger partial charge in [-0.3, -0.25) is 0 Å². The maximum atomic E-state index is 13.1. The van der Waals surface area contributed by atoms with Crippen molar-refractivity contribution in [2.24, 2.45) is 0 Å². The molecule has 1 aromatic carbocycles. The molecule has 2 N–H and O–H groups in total. The molecule has 0 fully saturated rings. The van der Waals surface area contributed by atoms with Gasteiger partial charge in [-0.2, -0.15) is 13.2 Å². The van der Waals surface area contributed by atoms with E-state index in [-0.39, 0.29) is 5.56 Å². The van der Waals surface area contributed by atoms with Crippen LogP contribution in [0.2, 0.25) is 0 Å².